The molecular weight excluding hydrogens is 532 g/mol. The van der Waals surface area contributed by atoms with Crippen molar-refractivity contribution in [1.82, 2.24) is 10.3 Å². The molecule has 0 saturated heterocycles. The third-order valence-electron chi connectivity index (χ3n) is 7.46. The van der Waals surface area contributed by atoms with E-state index in [-0.39, 0.29) is 36.6 Å². The molecule has 2 aromatic carbocycles. The van der Waals surface area contributed by atoms with Crippen LogP contribution in [-0.4, -0.2) is 43.0 Å². The average Bonchev–Trinajstić information content (AvgIpc) is 3.01. The van der Waals surface area contributed by atoms with Gasteiger partial charge in [-0.3, -0.25) is 19.3 Å². The van der Waals surface area contributed by atoms with E-state index < -0.39 is 6.04 Å². The number of anilines is 2. The highest BCUT2D eigenvalue weighted by atomic mass is 16.5. The van der Waals surface area contributed by atoms with Crippen LogP contribution in [0.2, 0.25) is 0 Å². The smallest absolute Gasteiger partial charge is 0.248 e. The molecule has 1 aliphatic carbocycles. The van der Waals surface area contributed by atoms with Gasteiger partial charge in [0.15, 0.2) is 0 Å². The van der Waals surface area contributed by atoms with Crippen LogP contribution in [-0.2, 0) is 14.4 Å². The monoisotopic (exact) mass is 572 g/mol. The molecule has 4 rings (SSSR count). The van der Waals surface area contributed by atoms with Gasteiger partial charge in [-0.25, -0.2) is 4.98 Å². The van der Waals surface area contributed by atoms with Crippen LogP contribution in [0.4, 0.5) is 11.5 Å². The minimum atomic E-state index is -0.931. The largest absolute Gasteiger partial charge is 0.497 e. The maximum Gasteiger partial charge on any atom is 0.248 e. The summed E-state index contributed by atoms with van der Waals surface area (Å²) < 4.78 is 11.0. The Kier molecular flexibility index (Phi) is 10.9. The molecule has 0 radical (unpaired) electrons. The van der Waals surface area contributed by atoms with Gasteiger partial charge in [-0.1, -0.05) is 55.2 Å². The summed E-state index contributed by atoms with van der Waals surface area (Å²) >= 11 is 0. The van der Waals surface area contributed by atoms with Gasteiger partial charge in [0.2, 0.25) is 17.7 Å². The maximum atomic E-state index is 14.1. The summed E-state index contributed by atoms with van der Waals surface area (Å²) in [4.78, 5) is 46.3. The summed E-state index contributed by atoms with van der Waals surface area (Å²) in [6.07, 6.45) is 7.19. The van der Waals surface area contributed by atoms with Crippen LogP contribution in [0.15, 0.2) is 66.9 Å². The predicted molar refractivity (Wildman–Crippen MR) is 163 cm³/mol. The standard InChI is InChI=1S/C33H40N4O5/c1-23-15-17-24(18-16-23)32(33(40)35-25-10-5-4-6-11-25)37(26-20-27(41-2)22-28(21-26)42-3)31(39)14-9-13-30(38)36-29-12-7-8-19-34-29/h7-8,12,15-22,25,32H,4-6,9-11,13-14H2,1-3H3,(H,35,40)(H,34,36,38)/t32-/m0/s1. The van der Waals surface area contributed by atoms with E-state index in [0.29, 0.717) is 35.0 Å². The molecular formula is C33H40N4O5. The van der Waals surface area contributed by atoms with Crippen molar-refractivity contribution in [2.24, 2.45) is 0 Å². The molecule has 0 unspecified atom stereocenters. The van der Waals surface area contributed by atoms with Crippen LogP contribution < -0.4 is 25.0 Å². The van der Waals surface area contributed by atoms with Gasteiger partial charge in [0, 0.05) is 43.3 Å². The van der Waals surface area contributed by atoms with E-state index in [1.807, 2.05) is 31.2 Å². The number of rotatable bonds is 12. The van der Waals surface area contributed by atoms with Crippen molar-refractivity contribution < 1.29 is 23.9 Å². The number of carbonyl (C=O) groups excluding carboxylic acids is 3. The molecule has 9 heteroatoms. The van der Waals surface area contributed by atoms with Crippen LogP contribution >= 0.6 is 0 Å². The highest BCUT2D eigenvalue weighted by Crippen LogP contribution is 2.35. The molecule has 3 amide bonds. The van der Waals surface area contributed by atoms with E-state index in [1.165, 1.54) is 19.1 Å². The number of nitrogens with one attached hydrogen (secondary N) is 2. The first-order valence-corrected chi connectivity index (χ1v) is 14.5. The topological polar surface area (TPSA) is 110 Å². The molecule has 1 aliphatic rings. The molecule has 1 saturated carbocycles. The summed E-state index contributed by atoms with van der Waals surface area (Å²) in [7, 11) is 3.08. The van der Waals surface area contributed by atoms with E-state index in [1.54, 1.807) is 42.6 Å². The lowest BCUT2D eigenvalue weighted by Gasteiger charge is -2.34. The number of pyridine rings is 1. The molecule has 1 heterocycles. The third kappa shape index (κ3) is 8.31. The van der Waals surface area contributed by atoms with Crippen LogP contribution in [0.25, 0.3) is 0 Å². The molecule has 1 fully saturated rings. The lowest BCUT2D eigenvalue weighted by atomic mass is 9.94. The summed E-state index contributed by atoms with van der Waals surface area (Å²) in [6, 6.07) is 17.2. The number of ether oxygens (including phenoxy) is 2. The van der Waals surface area contributed by atoms with Gasteiger partial charge < -0.3 is 20.1 Å². The van der Waals surface area contributed by atoms with E-state index in [4.69, 9.17) is 9.47 Å². The van der Waals surface area contributed by atoms with Gasteiger partial charge in [0.25, 0.3) is 0 Å². The number of aryl methyl sites for hydroxylation is 1. The van der Waals surface area contributed by atoms with E-state index in [2.05, 4.69) is 15.6 Å². The molecule has 1 aromatic heterocycles. The van der Waals surface area contributed by atoms with Crippen LogP contribution in [0.3, 0.4) is 0 Å². The van der Waals surface area contributed by atoms with Crippen molar-refractivity contribution in [3.05, 3.63) is 78.0 Å². The number of nitrogens with zero attached hydrogens (tertiary/aromatic N) is 2. The molecule has 0 aliphatic heterocycles. The second-order valence-corrected chi connectivity index (χ2v) is 10.6. The zero-order valence-electron chi connectivity index (χ0n) is 24.6. The van der Waals surface area contributed by atoms with Crippen molar-refractivity contribution in [2.75, 3.05) is 24.4 Å². The fraction of sp³-hybridized carbons (Fsp3) is 0.394. The Labute approximate surface area is 247 Å². The molecule has 42 heavy (non-hydrogen) atoms. The number of aromatic nitrogens is 1. The number of carbonyl (C=O) groups is 3. The zero-order chi connectivity index (χ0) is 29.9. The quantitative estimate of drug-likeness (QED) is 0.287. The van der Waals surface area contributed by atoms with Gasteiger partial charge in [-0.15, -0.1) is 0 Å². The molecule has 3 aromatic rings. The lowest BCUT2D eigenvalue weighted by Crippen LogP contribution is -2.47. The number of methoxy groups -OCH3 is 2. The highest BCUT2D eigenvalue weighted by Gasteiger charge is 2.34. The Morgan fingerprint density at radius 2 is 1.62 bits per heavy atom. The Hall–Kier alpha value is -4.40. The SMILES string of the molecule is COc1cc(OC)cc(N(C(=O)CCCC(=O)Nc2ccccn2)[C@H](C(=O)NC2CCCCC2)c2ccc(C)cc2)c1. The second kappa shape index (κ2) is 15.0. The van der Waals surface area contributed by atoms with Crippen molar-refractivity contribution >= 4 is 29.2 Å². The van der Waals surface area contributed by atoms with Gasteiger partial charge in [0.05, 0.1) is 19.9 Å². The molecule has 222 valence electrons. The normalized spacial score (nSPS) is 14.0. The Morgan fingerprint density at radius 1 is 0.929 bits per heavy atom. The van der Waals surface area contributed by atoms with Crippen molar-refractivity contribution in [1.29, 1.82) is 0 Å². The number of hydrogen-bond acceptors (Lipinski definition) is 6. The third-order valence-corrected chi connectivity index (χ3v) is 7.46. The van der Waals surface area contributed by atoms with Gasteiger partial charge in [-0.05, 0) is 43.9 Å². The highest BCUT2D eigenvalue weighted by molar-refractivity contribution is 6.02. The first-order valence-electron chi connectivity index (χ1n) is 14.5. The molecule has 0 bridgehead atoms. The van der Waals surface area contributed by atoms with Crippen LogP contribution in [0, 0.1) is 6.92 Å². The Balaban J connectivity index is 1.64. The van der Waals surface area contributed by atoms with E-state index in [0.717, 1.165) is 37.7 Å². The van der Waals surface area contributed by atoms with E-state index in [9.17, 15) is 14.4 Å². The van der Waals surface area contributed by atoms with Gasteiger partial charge in [-0.2, -0.15) is 0 Å². The first-order chi connectivity index (χ1) is 20.4. The number of amides is 3. The van der Waals surface area contributed by atoms with Gasteiger partial charge >= 0.3 is 0 Å². The van der Waals surface area contributed by atoms with Crippen molar-refractivity contribution in [3.63, 3.8) is 0 Å². The molecule has 9 nitrogen and oxygen atoms in total. The van der Waals surface area contributed by atoms with E-state index >= 15 is 0 Å². The minimum absolute atomic E-state index is 0.0498. The molecule has 0 spiro atoms. The summed E-state index contributed by atoms with van der Waals surface area (Å²) in [5, 5.41) is 5.98. The van der Waals surface area contributed by atoms with Crippen molar-refractivity contribution in [2.45, 2.75) is 70.4 Å². The summed E-state index contributed by atoms with van der Waals surface area (Å²) in [5.41, 5.74) is 2.21. The first kappa shape index (κ1) is 30.6. The minimum Gasteiger partial charge on any atom is -0.497 e. The predicted octanol–water partition coefficient (Wildman–Crippen LogP) is 5.74. The lowest BCUT2D eigenvalue weighted by molar-refractivity contribution is -0.127. The Morgan fingerprint density at radius 3 is 2.24 bits per heavy atom. The van der Waals surface area contributed by atoms with Crippen LogP contribution in [0.1, 0.15) is 68.5 Å². The second-order valence-electron chi connectivity index (χ2n) is 10.6. The van der Waals surface area contributed by atoms with Crippen molar-refractivity contribution in [3.8, 4) is 11.5 Å². The molecule has 1 atom stereocenters. The Bertz CT molecular complexity index is 1320. The van der Waals surface area contributed by atoms with Crippen LogP contribution in [0.5, 0.6) is 11.5 Å². The number of benzene rings is 2. The number of hydrogen-bond donors (Lipinski definition) is 2. The zero-order valence-corrected chi connectivity index (χ0v) is 24.6. The fourth-order valence-corrected chi connectivity index (χ4v) is 5.22. The summed E-state index contributed by atoms with van der Waals surface area (Å²) in [6.45, 7) is 1.98. The van der Waals surface area contributed by atoms with Gasteiger partial charge in [0.1, 0.15) is 23.4 Å². The molecule has 2 N–H and O–H groups in total. The average molecular weight is 573 g/mol. The maximum absolute atomic E-state index is 14.1. The summed E-state index contributed by atoms with van der Waals surface area (Å²) in [5.74, 6) is 0.674. The fourth-order valence-electron chi connectivity index (χ4n) is 5.22.